The van der Waals surface area contributed by atoms with E-state index in [0.29, 0.717) is 33.5 Å². The first-order valence-corrected chi connectivity index (χ1v) is 10.9. The summed E-state index contributed by atoms with van der Waals surface area (Å²) < 4.78 is 5.26. The molecule has 8 heteroatoms. The molecule has 0 saturated heterocycles. The average Bonchev–Trinajstić information content (AvgIpc) is 3.27. The smallest absolute Gasteiger partial charge is 0.263 e. The number of aromatic nitrogens is 1. The largest absolute Gasteiger partial charge is 0.360 e. The van der Waals surface area contributed by atoms with Gasteiger partial charge in [0.05, 0.1) is 5.56 Å². The first-order valence-electron chi connectivity index (χ1n) is 9.66. The molecule has 1 aliphatic rings. The number of nitrogens with zero attached hydrogens (tertiary/aromatic N) is 2. The summed E-state index contributed by atoms with van der Waals surface area (Å²) in [7, 11) is 0. The minimum Gasteiger partial charge on any atom is -0.360 e. The van der Waals surface area contributed by atoms with Gasteiger partial charge in [0.25, 0.3) is 5.91 Å². The number of nitriles is 1. The Hall–Kier alpha value is -3.02. The third kappa shape index (κ3) is 3.86. The average molecular weight is 437 g/mol. The Kier molecular flexibility index (Phi) is 5.66. The van der Waals surface area contributed by atoms with Crippen molar-refractivity contribution in [3.8, 4) is 17.3 Å². The Morgan fingerprint density at radius 1 is 1.37 bits per heavy atom. The van der Waals surface area contributed by atoms with E-state index in [-0.39, 0.29) is 5.11 Å². The second kappa shape index (κ2) is 8.38. The molecule has 0 bridgehead atoms. The van der Waals surface area contributed by atoms with E-state index < -0.39 is 5.91 Å². The summed E-state index contributed by atoms with van der Waals surface area (Å²) >= 11 is 6.91. The Bertz CT molecular complexity index is 1160. The molecule has 6 nitrogen and oxygen atoms in total. The zero-order chi connectivity index (χ0) is 21.3. The van der Waals surface area contributed by atoms with E-state index in [2.05, 4.69) is 28.8 Å². The van der Waals surface area contributed by atoms with Crippen molar-refractivity contribution in [2.75, 3.05) is 5.32 Å². The van der Waals surface area contributed by atoms with Crippen LogP contribution in [0.3, 0.4) is 0 Å². The number of amides is 1. The van der Waals surface area contributed by atoms with E-state index in [1.54, 1.807) is 18.3 Å². The summed E-state index contributed by atoms with van der Waals surface area (Å²) in [5.74, 6) is 0.612. The molecule has 30 heavy (non-hydrogen) atoms. The van der Waals surface area contributed by atoms with Crippen molar-refractivity contribution in [2.45, 2.75) is 33.1 Å². The number of carbonyl (C=O) groups is 1. The van der Waals surface area contributed by atoms with Gasteiger partial charge in [-0.3, -0.25) is 10.1 Å². The summed E-state index contributed by atoms with van der Waals surface area (Å²) in [5, 5.41) is 20.3. The monoisotopic (exact) mass is 436 g/mol. The minimum atomic E-state index is -0.404. The van der Waals surface area contributed by atoms with Crippen molar-refractivity contribution >= 4 is 39.6 Å². The molecule has 0 unspecified atom stereocenters. The first-order chi connectivity index (χ1) is 14.5. The number of thiophene rings is 1. The number of anilines is 1. The number of carbonyl (C=O) groups excluding carboxylic acids is 1. The molecule has 1 atom stereocenters. The van der Waals surface area contributed by atoms with Gasteiger partial charge in [0, 0.05) is 10.4 Å². The van der Waals surface area contributed by atoms with E-state index in [4.69, 9.17) is 16.7 Å². The van der Waals surface area contributed by atoms with Gasteiger partial charge in [0.1, 0.15) is 28.1 Å². The van der Waals surface area contributed by atoms with Crippen LogP contribution >= 0.6 is 23.6 Å². The van der Waals surface area contributed by atoms with Crippen LogP contribution in [-0.2, 0) is 12.8 Å². The number of hydrogen-bond acceptors (Lipinski definition) is 6. The second-order valence-corrected chi connectivity index (χ2v) is 8.92. The fourth-order valence-corrected chi connectivity index (χ4v) is 5.31. The van der Waals surface area contributed by atoms with E-state index in [1.807, 2.05) is 30.3 Å². The summed E-state index contributed by atoms with van der Waals surface area (Å²) in [6, 6.07) is 11.7. The second-order valence-electron chi connectivity index (χ2n) is 7.40. The van der Waals surface area contributed by atoms with Crippen LogP contribution in [0.5, 0.6) is 0 Å². The molecule has 3 aromatic rings. The molecule has 1 aromatic carbocycles. The standard InChI is InChI=1S/C22H20N4O2S2/c1-12-8-9-15-16(11-23)21(30-17(15)10-12)25-22(29)24-20(27)18-13(2)28-26-19(18)14-6-4-3-5-7-14/h3-7,12H,8-10H2,1-2H3,(H2,24,25,27,29)/t12-/m0/s1. The number of hydrogen-bond donors (Lipinski definition) is 2. The molecule has 152 valence electrons. The summed E-state index contributed by atoms with van der Waals surface area (Å²) in [6.07, 6.45) is 2.95. The molecule has 4 rings (SSSR count). The van der Waals surface area contributed by atoms with E-state index in [9.17, 15) is 10.1 Å². The van der Waals surface area contributed by atoms with Crippen molar-refractivity contribution in [2.24, 2.45) is 5.92 Å². The molecule has 0 spiro atoms. The van der Waals surface area contributed by atoms with E-state index in [0.717, 1.165) is 30.4 Å². The topological polar surface area (TPSA) is 90.9 Å². The highest BCUT2D eigenvalue weighted by molar-refractivity contribution is 7.80. The fourth-order valence-electron chi connectivity index (χ4n) is 3.69. The molecular formula is C22H20N4O2S2. The van der Waals surface area contributed by atoms with Crippen molar-refractivity contribution in [1.29, 1.82) is 5.26 Å². The normalized spacial score (nSPS) is 15.2. The van der Waals surface area contributed by atoms with E-state index >= 15 is 0 Å². The summed E-state index contributed by atoms with van der Waals surface area (Å²) in [5.41, 5.74) is 3.32. The van der Waals surface area contributed by atoms with Crippen molar-refractivity contribution in [3.05, 3.63) is 57.7 Å². The van der Waals surface area contributed by atoms with Gasteiger partial charge in [0.15, 0.2) is 5.11 Å². The maximum Gasteiger partial charge on any atom is 0.263 e. The predicted molar refractivity (Wildman–Crippen MR) is 121 cm³/mol. The highest BCUT2D eigenvalue weighted by Gasteiger charge is 2.26. The number of thiocarbonyl (C=S) groups is 1. The van der Waals surface area contributed by atoms with Crippen molar-refractivity contribution < 1.29 is 9.32 Å². The molecule has 2 aromatic heterocycles. The molecule has 0 radical (unpaired) electrons. The first kappa shape index (κ1) is 20.3. The zero-order valence-electron chi connectivity index (χ0n) is 16.6. The molecule has 1 amide bonds. The lowest BCUT2D eigenvalue weighted by Crippen LogP contribution is -2.34. The number of fused-ring (bicyclic) bond motifs is 1. The minimum absolute atomic E-state index is 0.141. The number of nitrogens with one attached hydrogen (secondary N) is 2. The summed E-state index contributed by atoms with van der Waals surface area (Å²) in [4.78, 5) is 14.1. The van der Waals surface area contributed by atoms with Crippen LogP contribution in [0.15, 0.2) is 34.9 Å². The van der Waals surface area contributed by atoms with Gasteiger partial charge in [-0.2, -0.15) is 5.26 Å². The van der Waals surface area contributed by atoms with Crippen LogP contribution in [0.1, 0.15) is 45.5 Å². The van der Waals surface area contributed by atoms with Crippen LogP contribution in [0, 0.1) is 24.2 Å². The Balaban J connectivity index is 1.53. The van der Waals surface area contributed by atoms with Crippen molar-refractivity contribution in [3.63, 3.8) is 0 Å². The third-order valence-corrected chi connectivity index (χ3v) is 6.59. The molecule has 0 aliphatic heterocycles. The van der Waals surface area contributed by atoms with Crippen molar-refractivity contribution in [1.82, 2.24) is 10.5 Å². The molecule has 2 heterocycles. The van der Waals surface area contributed by atoms with Crippen LogP contribution in [-0.4, -0.2) is 16.2 Å². The maximum absolute atomic E-state index is 12.9. The molecule has 0 fully saturated rings. The van der Waals surface area contributed by atoms with Crippen LogP contribution in [0.2, 0.25) is 0 Å². The highest BCUT2D eigenvalue weighted by atomic mass is 32.1. The van der Waals surface area contributed by atoms with Gasteiger partial charge in [-0.05, 0) is 49.9 Å². The number of aryl methyl sites for hydroxylation is 1. The number of rotatable bonds is 3. The van der Waals surface area contributed by atoms with Gasteiger partial charge in [0.2, 0.25) is 0 Å². The Morgan fingerprint density at radius 3 is 2.87 bits per heavy atom. The van der Waals surface area contributed by atoms with Crippen LogP contribution in [0.25, 0.3) is 11.3 Å². The van der Waals surface area contributed by atoms with Gasteiger partial charge < -0.3 is 9.84 Å². The zero-order valence-corrected chi connectivity index (χ0v) is 18.2. The van der Waals surface area contributed by atoms with Gasteiger partial charge in [-0.15, -0.1) is 11.3 Å². The van der Waals surface area contributed by atoms with Gasteiger partial charge in [-0.1, -0.05) is 42.4 Å². The number of benzene rings is 1. The highest BCUT2D eigenvalue weighted by Crippen LogP contribution is 2.39. The molecule has 0 saturated carbocycles. The quantitative estimate of drug-likeness (QED) is 0.571. The lowest BCUT2D eigenvalue weighted by Gasteiger charge is -2.17. The van der Waals surface area contributed by atoms with Gasteiger partial charge >= 0.3 is 0 Å². The molecule has 2 N–H and O–H groups in total. The Labute approximate surface area is 183 Å². The maximum atomic E-state index is 12.9. The SMILES string of the molecule is Cc1onc(-c2ccccc2)c1C(=O)NC(=S)Nc1sc2c(c1C#N)CC[C@H](C)C2. The third-order valence-electron chi connectivity index (χ3n) is 5.21. The molecule has 1 aliphatic carbocycles. The molecular weight excluding hydrogens is 416 g/mol. The van der Waals surface area contributed by atoms with Gasteiger partial charge in [-0.25, -0.2) is 0 Å². The van der Waals surface area contributed by atoms with Crippen LogP contribution in [0.4, 0.5) is 5.00 Å². The fraction of sp³-hybridized carbons (Fsp3) is 0.273. The van der Waals surface area contributed by atoms with Crippen LogP contribution < -0.4 is 10.6 Å². The Morgan fingerprint density at radius 2 is 2.13 bits per heavy atom. The lowest BCUT2D eigenvalue weighted by molar-refractivity contribution is 0.0977. The predicted octanol–water partition coefficient (Wildman–Crippen LogP) is 4.83. The lowest BCUT2D eigenvalue weighted by atomic mass is 9.89. The van der Waals surface area contributed by atoms with E-state index in [1.165, 1.54) is 4.88 Å². The summed E-state index contributed by atoms with van der Waals surface area (Å²) in [6.45, 7) is 3.91.